The normalized spacial score (nSPS) is 33.4. The van der Waals surface area contributed by atoms with Gasteiger partial charge in [-0.1, -0.05) is 83.7 Å². The molecule has 21 atom stereocenters. The molecule has 5 aliphatic rings. The first-order chi connectivity index (χ1) is 54.7. The van der Waals surface area contributed by atoms with Gasteiger partial charge in [-0.05, 0) is 236 Å². The highest BCUT2D eigenvalue weighted by Crippen LogP contribution is 2.52. The largest absolute Gasteiger partial charge is 0.381 e. The number of nitriles is 1. The minimum atomic E-state index is -2.47. The number of carbonyl (C=O) groups excluding carboxylic acids is 10. The highest BCUT2D eigenvalue weighted by atomic mass is 35.5. The highest BCUT2D eigenvalue weighted by Gasteiger charge is 2.72. The number of Topliss-reactive ketones (excluding diaryl/α,β-unsaturated/α-hetero) is 10. The number of terminal acetylenes is 1. The Labute approximate surface area is 686 Å². The van der Waals surface area contributed by atoms with Crippen molar-refractivity contribution in [2.24, 2.45) is 5.92 Å². The summed E-state index contributed by atoms with van der Waals surface area (Å²) in [5, 5.41) is 173. The van der Waals surface area contributed by atoms with Gasteiger partial charge in [0.15, 0.2) is 114 Å². The van der Waals surface area contributed by atoms with Crippen molar-refractivity contribution in [2.75, 3.05) is 7.11 Å². The summed E-state index contributed by atoms with van der Waals surface area (Å²) in [5.74, 6) is -9.12. The maximum absolute atomic E-state index is 12.0. The van der Waals surface area contributed by atoms with E-state index >= 15 is 0 Å². The van der Waals surface area contributed by atoms with Crippen LogP contribution in [0.3, 0.4) is 0 Å². The zero-order valence-electron chi connectivity index (χ0n) is 67.3. The van der Waals surface area contributed by atoms with Crippen LogP contribution < -0.4 is 0 Å². The van der Waals surface area contributed by atoms with Gasteiger partial charge in [0.1, 0.15) is 0 Å². The summed E-state index contributed by atoms with van der Waals surface area (Å²) in [7, 11) is 1.41. The van der Waals surface area contributed by atoms with Crippen molar-refractivity contribution in [1.82, 2.24) is 0 Å². The van der Waals surface area contributed by atoms with Crippen LogP contribution in [-0.2, 0) is 52.7 Å². The number of nitro groups is 5. The number of aliphatic hydroxyl groups is 10. The molecule has 0 aromatic heterocycles. The van der Waals surface area contributed by atoms with Crippen LogP contribution in [0.15, 0.2) is 97.1 Å². The number of aryl methyl sites for hydroxylation is 1. The second-order valence-corrected chi connectivity index (χ2v) is 32.2. The average Bonchev–Trinajstić information content (AvgIpc) is 0.736. The number of carbonyl (C=O) groups is 10. The third kappa shape index (κ3) is 19.8. The maximum atomic E-state index is 12.0. The van der Waals surface area contributed by atoms with Crippen molar-refractivity contribution < 1.29 is 128 Å². The number of hydrogen-bond acceptors (Lipinski definition) is 32. The van der Waals surface area contributed by atoms with Crippen molar-refractivity contribution in [3.05, 3.63) is 192 Å². The van der Waals surface area contributed by atoms with E-state index in [-0.39, 0.29) is 64.2 Å². The van der Waals surface area contributed by atoms with E-state index in [9.17, 15) is 150 Å². The summed E-state index contributed by atoms with van der Waals surface area (Å²) in [6.45, 7) is 13.7. The summed E-state index contributed by atoms with van der Waals surface area (Å²) in [4.78, 5) is 172. The molecule has 11 unspecified atom stereocenters. The van der Waals surface area contributed by atoms with E-state index in [0.29, 0.717) is 38.4 Å². The van der Waals surface area contributed by atoms with Crippen LogP contribution in [0.1, 0.15) is 203 Å². The van der Waals surface area contributed by atoms with Gasteiger partial charge in [-0.2, -0.15) is 5.26 Å². The molecule has 0 aliphatic heterocycles. The van der Waals surface area contributed by atoms with E-state index in [1.807, 2.05) is 25.1 Å². The number of nitrogens with zero attached hydrogens (tertiary/aromatic N) is 6. The lowest BCUT2D eigenvalue weighted by Crippen LogP contribution is -2.70. The molecule has 5 aliphatic carbocycles. The van der Waals surface area contributed by atoms with Crippen molar-refractivity contribution in [3.8, 4) is 18.4 Å². The number of benzene rings is 4. The lowest BCUT2D eigenvalue weighted by Gasteiger charge is -2.46. The van der Waals surface area contributed by atoms with Gasteiger partial charge in [-0.3, -0.25) is 98.5 Å². The summed E-state index contributed by atoms with van der Waals surface area (Å²) >= 11 is 5.83. The molecule has 0 bridgehead atoms. The Balaban J connectivity index is 0.000000265. The minimum absolute atomic E-state index is 0.216. The Hall–Kier alpha value is -10.5. The van der Waals surface area contributed by atoms with Gasteiger partial charge < -0.3 is 55.8 Å². The molecule has 10 N–H and O–H groups in total. The third-order valence-corrected chi connectivity index (χ3v) is 24.5. The fourth-order valence-corrected chi connectivity index (χ4v) is 17.2. The lowest BCUT2D eigenvalue weighted by molar-refractivity contribution is -0.565. The molecular formula is C81H97ClN6O31. The molecule has 4 aromatic carbocycles. The Bertz CT molecular complexity index is 4330. The molecule has 38 heteroatoms. The fourth-order valence-electron chi connectivity index (χ4n) is 17.1. The van der Waals surface area contributed by atoms with Crippen molar-refractivity contribution in [3.63, 3.8) is 0 Å². The topological polar surface area (TPSA) is 622 Å². The van der Waals surface area contributed by atoms with Crippen LogP contribution in [0.25, 0.3) is 0 Å². The van der Waals surface area contributed by atoms with E-state index in [0.717, 1.165) is 74.8 Å². The second-order valence-electron chi connectivity index (χ2n) is 31.7. The van der Waals surface area contributed by atoms with E-state index in [4.69, 9.17) is 28.0 Å². The third-order valence-electron chi connectivity index (χ3n) is 24.3. The van der Waals surface area contributed by atoms with Gasteiger partial charge in [0.2, 0.25) is 0 Å². The standard InChI is InChI=1S/C18H19NO6.C17H18N2O6.C17H21NO6.C16H18ClNO6.C13H21NO7/c1-4-13-5-7-14(8-6-13)15-9-17(22,11(2)20)16(19(24)25)18(23,10-15)12(3)21;1-10(20)16(22)7-14(13-5-3-12(9-18)4-6-13)8-17(23,11(2)21)15(16)19(24)25;1-10-4-6-13(7-5-10)14-8-16(21,11(2)19)15(18(23)24)17(22,9-14)12(3)20;1-9(19)15(21)7-12(11-3-5-13(17)6-4-11)8-16(22,10(2)20)14(15)18(23)24;1-7(21-4)10-5-12(17,8(2)15)11(14(19)20)13(18,6-10)9(3)16/h1,5-8,15-16,22-23H,9-10H2,2-3H3;3-6,14-15,22-23H,7-8H2,1-2H3;4-7,14-15,21-22H,8-9H2,1-3H3;3-6,12,14,21-22H,7-8H2,1-2H3;7,10-11,17-18H,5-6H2,1-4H3/t15?,16?,17-,18+;2*14?,15?,16-,17+;12?,14?,15-,16+;7?,10?,11?,12-,13+. The van der Waals surface area contributed by atoms with Crippen LogP contribution in [0.4, 0.5) is 0 Å². The molecule has 5 saturated carbocycles. The molecule has 0 spiro atoms. The van der Waals surface area contributed by atoms with Crippen LogP contribution in [0.5, 0.6) is 0 Å². The Morgan fingerprint density at radius 2 is 0.546 bits per heavy atom. The van der Waals surface area contributed by atoms with Gasteiger partial charge in [0.05, 0.1) is 17.7 Å². The zero-order valence-corrected chi connectivity index (χ0v) is 68.1. The number of ether oxygens (including phenoxy) is 1. The molecule has 0 radical (unpaired) electrons. The molecule has 5 fully saturated rings. The second kappa shape index (κ2) is 37.4. The van der Waals surface area contributed by atoms with E-state index < -0.39 is 204 Å². The summed E-state index contributed by atoms with van der Waals surface area (Å²) in [6.07, 6.45) is 2.28. The monoisotopic (exact) mass is 1680 g/mol. The van der Waals surface area contributed by atoms with Crippen LogP contribution in [0.2, 0.25) is 5.02 Å². The van der Waals surface area contributed by atoms with Crippen LogP contribution >= 0.6 is 11.6 Å². The molecule has 0 heterocycles. The predicted octanol–water partition coefficient (Wildman–Crippen LogP) is 3.93. The smallest absolute Gasteiger partial charge is 0.283 e. The lowest BCUT2D eigenvalue weighted by atomic mass is 9.62. The molecular weight excluding hydrogens is 1590 g/mol. The van der Waals surface area contributed by atoms with E-state index in [1.54, 1.807) is 79.7 Å². The van der Waals surface area contributed by atoms with Gasteiger partial charge in [0.25, 0.3) is 30.2 Å². The maximum Gasteiger partial charge on any atom is 0.283 e. The molecule has 4 aromatic rings. The summed E-state index contributed by atoms with van der Waals surface area (Å²) < 4.78 is 5.12. The van der Waals surface area contributed by atoms with E-state index in [2.05, 4.69) is 5.92 Å². The fraction of sp³-hybridized carbons (Fsp3) is 0.543. The highest BCUT2D eigenvalue weighted by molar-refractivity contribution is 6.30. The van der Waals surface area contributed by atoms with E-state index in [1.165, 1.54) is 19.2 Å². The van der Waals surface area contributed by atoms with Crippen LogP contribution in [0, 0.1) is 87.1 Å². The number of methoxy groups -OCH3 is 1. The van der Waals surface area contributed by atoms with Crippen LogP contribution in [-0.4, -0.2) is 233 Å². The number of ketones is 10. The van der Waals surface area contributed by atoms with Crippen molar-refractivity contribution in [2.45, 2.75) is 263 Å². The van der Waals surface area contributed by atoms with Gasteiger partial charge in [-0.15, -0.1) is 6.42 Å². The summed E-state index contributed by atoms with van der Waals surface area (Å²) in [5.41, 5.74) is -19.8. The van der Waals surface area contributed by atoms with Crippen molar-refractivity contribution >= 4 is 69.4 Å². The number of hydrogen-bond donors (Lipinski definition) is 10. The zero-order chi connectivity index (χ0) is 91.1. The quantitative estimate of drug-likeness (QED) is 0.0321. The first-order valence-electron chi connectivity index (χ1n) is 37.1. The first kappa shape index (κ1) is 99.0. The van der Waals surface area contributed by atoms with Crippen molar-refractivity contribution in [1.29, 1.82) is 5.26 Å². The molecule has 0 saturated heterocycles. The molecule has 644 valence electrons. The number of halogens is 1. The summed E-state index contributed by atoms with van der Waals surface area (Å²) in [6, 6.07) is 17.9. The predicted molar refractivity (Wildman–Crippen MR) is 415 cm³/mol. The molecule has 9 rings (SSSR count). The molecule has 119 heavy (non-hydrogen) atoms. The average molecular weight is 1690 g/mol. The Morgan fingerprint density at radius 1 is 0.370 bits per heavy atom. The Kier molecular flexibility index (Phi) is 31.1. The molecule has 37 nitrogen and oxygen atoms in total. The SMILES string of the molecule is C#Cc1ccc(C2C[C@@](O)(C(C)=O)C([N+](=O)[O-])[C@@](O)(C(C)=O)C2)cc1.CC(=O)[C@]1(O)CC(c2ccc(C#N)cc2)C[C@](O)(C(C)=O)C1[N+](=O)[O-].CC(=O)[C@]1(O)CC(c2ccc(C)cc2)C[C@](O)(C(C)=O)C1[N+](=O)[O-].CC(=O)[C@]1(O)CC(c2ccc(Cl)cc2)C[C@](O)(C(C)=O)C1[N+](=O)[O-].COC(C)C1C[C@@](O)(C(C)=O)C([N+](=O)[O-])[C@@](O)(C(C)=O)C1. The molecule has 0 amide bonds. The van der Waals surface area contributed by atoms with Gasteiger partial charge >= 0.3 is 0 Å². The van der Waals surface area contributed by atoms with Gasteiger partial charge in [0, 0.05) is 42.3 Å². The number of rotatable bonds is 21. The van der Waals surface area contributed by atoms with Gasteiger partial charge in [-0.25, -0.2) is 0 Å². The first-order valence-corrected chi connectivity index (χ1v) is 37.5. The minimum Gasteiger partial charge on any atom is -0.381 e. The Morgan fingerprint density at radius 3 is 0.714 bits per heavy atom.